The van der Waals surface area contributed by atoms with Crippen molar-refractivity contribution in [2.24, 2.45) is 5.92 Å². The zero-order valence-corrected chi connectivity index (χ0v) is 10.1. The number of rotatable bonds is 7. The number of carbonyl (C=O) groups excluding carboxylic acids is 1. The molecule has 16 heavy (non-hydrogen) atoms. The minimum absolute atomic E-state index is 0.106. The first-order valence-corrected chi connectivity index (χ1v) is 5.93. The predicted octanol–water partition coefficient (Wildman–Crippen LogP) is 3.73. The topological polar surface area (TPSA) is 26.3 Å². The fraction of sp³-hybridized carbons (Fsp3) is 0.500. The molecule has 2 atom stereocenters. The van der Waals surface area contributed by atoms with Gasteiger partial charge in [-0.05, 0) is 17.9 Å². The molecule has 0 N–H and O–H groups in total. The summed E-state index contributed by atoms with van der Waals surface area (Å²) in [5.41, 5.74) is 1.08. The van der Waals surface area contributed by atoms with E-state index in [1.54, 1.807) is 0 Å². The standard InChI is InChI=1S/C14H20O2/c1-3-4-8-12(2)14(16-11-15)13-9-6-5-7-10-13/h5-7,9-12,14H,3-4,8H2,1-2H3. The highest BCUT2D eigenvalue weighted by Crippen LogP contribution is 2.28. The monoisotopic (exact) mass is 220 g/mol. The van der Waals surface area contributed by atoms with Crippen LogP contribution in [-0.2, 0) is 9.53 Å². The van der Waals surface area contributed by atoms with Crippen LogP contribution in [0.25, 0.3) is 0 Å². The van der Waals surface area contributed by atoms with Gasteiger partial charge in [0.25, 0.3) is 6.47 Å². The van der Waals surface area contributed by atoms with Gasteiger partial charge >= 0.3 is 0 Å². The van der Waals surface area contributed by atoms with Crippen molar-refractivity contribution in [3.05, 3.63) is 35.9 Å². The van der Waals surface area contributed by atoms with Gasteiger partial charge in [0.15, 0.2) is 0 Å². The van der Waals surface area contributed by atoms with Gasteiger partial charge in [-0.2, -0.15) is 0 Å². The van der Waals surface area contributed by atoms with Gasteiger partial charge in [0.05, 0.1) is 0 Å². The van der Waals surface area contributed by atoms with Crippen LogP contribution in [0, 0.1) is 5.92 Å². The fourth-order valence-electron chi connectivity index (χ4n) is 1.92. The summed E-state index contributed by atoms with van der Waals surface area (Å²) in [4.78, 5) is 10.5. The van der Waals surface area contributed by atoms with E-state index in [1.807, 2.05) is 30.3 Å². The molecule has 0 aliphatic rings. The van der Waals surface area contributed by atoms with Gasteiger partial charge in [-0.15, -0.1) is 0 Å². The van der Waals surface area contributed by atoms with E-state index in [-0.39, 0.29) is 6.10 Å². The van der Waals surface area contributed by atoms with Crippen molar-refractivity contribution in [3.8, 4) is 0 Å². The first-order chi connectivity index (χ1) is 7.79. The summed E-state index contributed by atoms with van der Waals surface area (Å²) >= 11 is 0. The number of unbranched alkanes of at least 4 members (excludes halogenated alkanes) is 1. The van der Waals surface area contributed by atoms with Crippen LogP contribution in [0.5, 0.6) is 0 Å². The smallest absolute Gasteiger partial charge is 0.293 e. The summed E-state index contributed by atoms with van der Waals surface area (Å²) < 4.78 is 5.21. The summed E-state index contributed by atoms with van der Waals surface area (Å²) in [5, 5.41) is 0. The Balaban J connectivity index is 2.70. The molecule has 0 amide bonds. The molecule has 1 aromatic carbocycles. The van der Waals surface area contributed by atoms with E-state index in [2.05, 4.69) is 13.8 Å². The number of carbonyl (C=O) groups is 1. The Kier molecular flexibility index (Phi) is 5.62. The minimum Gasteiger partial charge on any atom is -0.459 e. The van der Waals surface area contributed by atoms with Crippen molar-refractivity contribution in [3.63, 3.8) is 0 Å². The molecule has 2 heteroatoms. The Hall–Kier alpha value is -1.31. The van der Waals surface area contributed by atoms with Crippen molar-refractivity contribution in [1.29, 1.82) is 0 Å². The van der Waals surface area contributed by atoms with Crippen LogP contribution < -0.4 is 0 Å². The maximum atomic E-state index is 10.5. The van der Waals surface area contributed by atoms with Crippen LogP contribution in [0.15, 0.2) is 30.3 Å². The first-order valence-electron chi connectivity index (χ1n) is 5.93. The van der Waals surface area contributed by atoms with E-state index in [9.17, 15) is 4.79 Å². The van der Waals surface area contributed by atoms with Gasteiger partial charge < -0.3 is 4.74 Å². The van der Waals surface area contributed by atoms with Crippen molar-refractivity contribution in [1.82, 2.24) is 0 Å². The third kappa shape index (κ3) is 3.69. The molecule has 0 fully saturated rings. The second kappa shape index (κ2) is 7.04. The van der Waals surface area contributed by atoms with Gasteiger partial charge in [0.2, 0.25) is 0 Å². The van der Waals surface area contributed by atoms with Crippen LogP contribution in [0.2, 0.25) is 0 Å². The van der Waals surface area contributed by atoms with Gasteiger partial charge in [-0.3, -0.25) is 4.79 Å². The van der Waals surface area contributed by atoms with Crippen molar-refractivity contribution < 1.29 is 9.53 Å². The highest BCUT2D eigenvalue weighted by molar-refractivity contribution is 5.38. The second-order valence-electron chi connectivity index (χ2n) is 4.18. The summed E-state index contributed by atoms with van der Waals surface area (Å²) in [6, 6.07) is 9.94. The Morgan fingerprint density at radius 1 is 1.31 bits per heavy atom. The molecule has 0 aliphatic heterocycles. The molecule has 2 nitrogen and oxygen atoms in total. The third-order valence-electron chi connectivity index (χ3n) is 2.86. The molecule has 0 aliphatic carbocycles. The van der Waals surface area contributed by atoms with E-state index in [1.165, 1.54) is 12.8 Å². The number of hydrogen-bond acceptors (Lipinski definition) is 2. The zero-order valence-electron chi connectivity index (χ0n) is 10.1. The molecule has 0 spiro atoms. The summed E-state index contributed by atoms with van der Waals surface area (Å²) in [7, 11) is 0. The van der Waals surface area contributed by atoms with Crippen LogP contribution in [0.4, 0.5) is 0 Å². The highest BCUT2D eigenvalue weighted by Gasteiger charge is 2.19. The van der Waals surface area contributed by atoms with Gasteiger partial charge in [-0.1, -0.05) is 57.0 Å². The van der Waals surface area contributed by atoms with Crippen LogP contribution in [0.1, 0.15) is 44.8 Å². The van der Waals surface area contributed by atoms with Gasteiger partial charge in [0.1, 0.15) is 6.10 Å². The average molecular weight is 220 g/mol. The van der Waals surface area contributed by atoms with E-state index >= 15 is 0 Å². The summed E-state index contributed by atoms with van der Waals surface area (Å²) in [6.07, 6.45) is 3.33. The normalized spacial score (nSPS) is 14.1. The van der Waals surface area contributed by atoms with Crippen molar-refractivity contribution in [2.45, 2.75) is 39.2 Å². The van der Waals surface area contributed by atoms with Crippen molar-refractivity contribution >= 4 is 6.47 Å². The minimum atomic E-state index is -0.106. The lowest BCUT2D eigenvalue weighted by molar-refractivity contribution is -0.136. The largest absolute Gasteiger partial charge is 0.459 e. The van der Waals surface area contributed by atoms with Crippen LogP contribution in [0.3, 0.4) is 0 Å². The molecule has 0 heterocycles. The molecule has 0 bridgehead atoms. The van der Waals surface area contributed by atoms with E-state index in [0.717, 1.165) is 12.0 Å². The molecule has 0 radical (unpaired) electrons. The van der Waals surface area contributed by atoms with E-state index in [0.29, 0.717) is 12.4 Å². The molecule has 88 valence electrons. The fourth-order valence-corrected chi connectivity index (χ4v) is 1.92. The molecule has 2 unspecified atom stereocenters. The maximum Gasteiger partial charge on any atom is 0.293 e. The molecular weight excluding hydrogens is 200 g/mol. The zero-order chi connectivity index (χ0) is 11.8. The number of benzene rings is 1. The van der Waals surface area contributed by atoms with Crippen molar-refractivity contribution in [2.75, 3.05) is 0 Å². The Labute approximate surface area is 97.6 Å². The quantitative estimate of drug-likeness (QED) is 0.654. The molecule has 0 saturated heterocycles. The highest BCUT2D eigenvalue weighted by atomic mass is 16.5. The van der Waals surface area contributed by atoms with Crippen LogP contribution >= 0.6 is 0 Å². The Morgan fingerprint density at radius 3 is 2.56 bits per heavy atom. The Morgan fingerprint density at radius 2 is 2.00 bits per heavy atom. The van der Waals surface area contributed by atoms with Crippen LogP contribution in [-0.4, -0.2) is 6.47 Å². The number of ether oxygens (including phenoxy) is 1. The SMILES string of the molecule is CCCCC(C)C(OC=O)c1ccccc1. The molecule has 1 aromatic rings. The predicted molar refractivity (Wildman–Crippen MR) is 65.0 cm³/mol. The first kappa shape index (κ1) is 12.8. The average Bonchev–Trinajstić information content (AvgIpc) is 2.34. The molecular formula is C14H20O2. The molecule has 1 rings (SSSR count). The summed E-state index contributed by atoms with van der Waals surface area (Å²) in [6.45, 7) is 4.86. The third-order valence-corrected chi connectivity index (χ3v) is 2.86. The molecule has 0 saturated carbocycles. The molecule has 0 aromatic heterocycles. The lowest BCUT2D eigenvalue weighted by Gasteiger charge is -2.22. The summed E-state index contributed by atoms with van der Waals surface area (Å²) in [5.74, 6) is 0.368. The van der Waals surface area contributed by atoms with Gasteiger partial charge in [0, 0.05) is 0 Å². The lowest BCUT2D eigenvalue weighted by Crippen LogP contribution is -2.13. The second-order valence-corrected chi connectivity index (χ2v) is 4.18. The van der Waals surface area contributed by atoms with E-state index in [4.69, 9.17) is 4.74 Å². The lowest BCUT2D eigenvalue weighted by atomic mass is 9.93. The Bertz CT molecular complexity index is 295. The van der Waals surface area contributed by atoms with E-state index < -0.39 is 0 Å². The maximum absolute atomic E-state index is 10.5. The van der Waals surface area contributed by atoms with Gasteiger partial charge in [-0.25, -0.2) is 0 Å². The number of hydrogen-bond donors (Lipinski definition) is 0.